The molecule has 2 fully saturated rings. The molecule has 3 atom stereocenters. The van der Waals surface area contributed by atoms with E-state index in [0.717, 1.165) is 11.8 Å². The molecule has 1 aliphatic carbocycles. The van der Waals surface area contributed by atoms with Crippen LogP contribution in [0.1, 0.15) is 65.7 Å². The third-order valence-electron chi connectivity index (χ3n) is 5.65. The van der Waals surface area contributed by atoms with E-state index < -0.39 is 0 Å². The van der Waals surface area contributed by atoms with E-state index in [0.29, 0.717) is 11.5 Å². The van der Waals surface area contributed by atoms with Crippen molar-refractivity contribution in [3.05, 3.63) is 0 Å². The Kier molecular flexibility index (Phi) is 5.30. The van der Waals surface area contributed by atoms with Crippen LogP contribution in [0, 0.1) is 17.3 Å². The summed E-state index contributed by atoms with van der Waals surface area (Å²) in [5.41, 5.74) is 6.93. The zero-order chi connectivity index (χ0) is 13.9. The first-order valence-corrected chi connectivity index (χ1v) is 8.48. The van der Waals surface area contributed by atoms with Crippen molar-refractivity contribution >= 4 is 0 Å². The van der Waals surface area contributed by atoms with Gasteiger partial charge in [0, 0.05) is 12.6 Å². The van der Waals surface area contributed by atoms with E-state index in [4.69, 9.17) is 5.73 Å². The summed E-state index contributed by atoms with van der Waals surface area (Å²) in [5, 5.41) is 0. The monoisotopic (exact) mass is 266 g/mol. The lowest BCUT2D eigenvalue weighted by atomic mass is 9.77. The van der Waals surface area contributed by atoms with E-state index >= 15 is 0 Å². The molecule has 0 aromatic rings. The molecule has 1 heterocycles. The van der Waals surface area contributed by atoms with Crippen LogP contribution in [-0.4, -0.2) is 30.6 Å². The molecule has 3 unspecified atom stereocenters. The standard InChI is InChI=1S/C17H34N2/c1-4-14-6-7-16(18)15(12-14)13-19-10-5-8-17(2,3)9-11-19/h14-16H,4-13,18H2,1-3H3. The molecule has 2 N–H and O–H groups in total. The molecule has 0 aromatic heterocycles. The second kappa shape index (κ2) is 6.58. The van der Waals surface area contributed by atoms with Crippen LogP contribution < -0.4 is 5.73 Å². The van der Waals surface area contributed by atoms with E-state index in [1.165, 1.54) is 64.6 Å². The van der Waals surface area contributed by atoms with Crippen molar-refractivity contribution in [2.24, 2.45) is 23.0 Å². The van der Waals surface area contributed by atoms with E-state index in [9.17, 15) is 0 Å². The van der Waals surface area contributed by atoms with Crippen molar-refractivity contribution in [2.75, 3.05) is 19.6 Å². The molecular formula is C17H34N2. The average molecular weight is 266 g/mol. The maximum atomic E-state index is 6.38. The highest BCUT2D eigenvalue weighted by Gasteiger charge is 2.30. The van der Waals surface area contributed by atoms with Crippen LogP contribution in [0.25, 0.3) is 0 Å². The molecule has 0 amide bonds. The summed E-state index contributed by atoms with van der Waals surface area (Å²) in [6, 6.07) is 0.457. The quantitative estimate of drug-likeness (QED) is 0.845. The summed E-state index contributed by atoms with van der Waals surface area (Å²) >= 11 is 0. The topological polar surface area (TPSA) is 29.3 Å². The van der Waals surface area contributed by atoms with Crippen LogP contribution in [-0.2, 0) is 0 Å². The van der Waals surface area contributed by atoms with Gasteiger partial charge in [0.25, 0.3) is 0 Å². The maximum absolute atomic E-state index is 6.38. The van der Waals surface area contributed by atoms with E-state index in [1.54, 1.807) is 0 Å². The largest absolute Gasteiger partial charge is 0.327 e. The van der Waals surface area contributed by atoms with Gasteiger partial charge in [-0.25, -0.2) is 0 Å². The number of nitrogens with zero attached hydrogens (tertiary/aromatic N) is 1. The van der Waals surface area contributed by atoms with Crippen molar-refractivity contribution in [3.8, 4) is 0 Å². The number of hydrogen-bond acceptors (Lipinski definition) is 2. The SMILES string of the molecule is CCC1CCC(N)C(CN2CCCC(C)(C)CC2)C1. The molecule has 0 aromatic carbocycles. The van der Waals surface area contributed by atoms with Gasteiger partial charge in [0.1, 0.15) is 0 Å². The lowest BCUT2D eigenvalue weighted by Crippen LogP contribution is -2.43. The van der Waals surface area contributed by atoms with E-state index in [2.05, 4.69) is 25.7 Å². The average Bonchev–Trinajstić information content (AvgIpc) is 2.54. The Balaban J connectivity index is 1.85. The fourth-order valence-electron chi connectivity index (χ4n) is 3.96. The highest BCUT2D eigenvalue weighted by Crippen LogP contribution is 2.33. The fourth-order valence-corrected chi connectivity index (χ4v) is 3.96. The smallest absolute Gasteiger partial charge is 0.00795 e. The van der Waals surface area contributed by atoms with Gasteiger partial charge in [-0.3, -0.25) is 0 Å². The highest BCUT2D eigenvalue weighted by atomic mass is 15.1. The minimum atomic E-state index is 0.457. The lowest BCUT2D eigenvalue weighted by Gasteiger charge is -2.37. The van der Waals surface area contributed by atoms with Gasteiger partial charge in [-0.05, 0) is 68.9 Å². The second-order valence-corrected chi connectivity index (χ2v) is 7.83. The Labute approximate surface area is 120 Å². The molecule has 19 heavy (non-hydrogen) atoms. The molecule has 0 spiro atoms. The molecule has 1 saturated carbocycles. The number of hydrogen-bond donors (Lipinski definition) is 1. The van der Waals surface area contributed by atoms with Gasteiger partial charge in [-0.2, -0.15) is 0 Å². The van der Waals surface area contributed by atoms with Crippen molar-refractivity contribution in [1.29, 1.82) is 0 Å². The molecule has 1 saturated heterocycles. The summed E-state index contributed by atoms with van der Waals surface area (Å²) in [6.07, 6.45) is 9.44. The van der Waals surface area contributed by atoms with Crippen LogP contribution >= 0.6 is 0 Å². The van der Waals surface area contributed by atoms with Crippen molar-refractivity contribution in [1.82, 2.24) is 4.90 Å². The molecule has 1 aliphatic heterocycles. The lowest BCUT2D eigenvalue weighted by molar-refractivity contribution is 0.154. The van der Waals surface area contributed by atoms with Gasteiger partial charge in [0.05, 0.1) is 0 Å². The van der Waals surface area contributed by atoms with Gasteiger partial charge in [0.2, 0.25) is 0 Å². The second-order valence-electron chi connectivity index (χ2n) is 7.83. The molecule has 112 valence electrons. The van der Waals surface area contributed by atoms with Gasteiger partial charge in [-0.15, -0.1) is 0 Å². The molecule has 2 aliphatic rings. The Morgan fingerprint density at radius 2 is 1.95 bits per heavy atom. The third kappa shape index (κ3) is 4.46. The highest BCUT2D eigenvalue weighted by molar-refractivity contribution is 4.85. The summed E-state index contributed by atoms with van der Waals surface area (Å²) in [4.78, 5) is 2.71. The minimum Gasteiger partial charge on any atom is -0.327 e. The summed E-state index contributed by atoms with van der Waals surface area (Å²) < 4.78 is 0. The Morgan fingerprint density at radius 3 is 2.68 bits per heavy atom. The number of nitrogens with two attached hydrogens (primary N) is 1. The van der Waals surface area contributed by atoms with Gasteiger partial charge < -0.3 is 10.6 Å². The maximum Gasteiger partial charge on any atom is 0.00795 e. The summed E-state index contributed by atoms with van der Waals surface area (Å²) in [6.45, 7) is 11.0. The zero-order valence-electron chi connectivity index (χ0n) is 13.3. The minimum absolute atomic E-state index is 0.457. The van der Waals surface area contributed by atoms with Gasteiger partial charge in [0.15, 0.2) is 0 Å². The molecule has 2 nitrogen and oxygen atoms in total. The van der Waals surface area contributed by atoms with Crippen LogP contribution in [0.4, 0.5) is 0 Å². The predicted molar refractivity (Wildman–Crippen MR) is 83.2 cm³/mol. The number of likely N-dealkylation sites (tertiary alicyclic amines) is 1. The fraction of sp³-hybridized carbons (Fsp3) is 1.00. The Hall–Kier alpha value is -0.0800. The van der Waals surface area contributed by atoms with Crippen molar-refractivity contribution in [3.63, 3.8) is 0 Å². The van der Waals surface area contributed by atoms with Gasteiger partial charge >= 0.3 is 0 Å². The molecule has 2 rings (SSSR count). The summed E-state index contributed by atoms with van der Waals surface area (Å²) in [5.74, 6) is 1.69. The first-order chi connectivity index (χ1) is 9.00. The van der Waals surface area contributed by atoms with Crippen LogP contribution in [0.5, 0.6) is 0 Å². The first-order valence-electron chi connectivity index (χ1n) is 8.48. The normalized spacial score (nSPS) is 36.9. The molecule has 0 radical (unpaired) electrons. The number of rotatable bonds is 3. The van der Waals surface area contributed by atoms with E-state index in [1.807, 2.05) is 0 Å². The summed E-state index contributed by atoms with van der Waals surface area (Å²) in [7, 11) is 0. The van der Waals surface area contributed by atoms with Gasteiger partial charge in [-0.1, -0.05) is 27.2 Å². The molecule has 2 heteroatoms. The van der Waals surface area contributed by atoms with Crippen LogP contribution in [0.15, 0.2) is 0 Å². The third-order valence-corrected chi connectivity index (χ3v) is 5.65. The van der Waals surface area contributed by atoms with Crippen LogP contribution in [0.2, 0.25) is 0 Å². The first kappa shape index (κ1) is 15.3. The molecule has 0 bridgehead atoms. The molecular weight excluding hydrogens is 232 g/mol. The van der Waals surface area contributed by atoms with Crippen molar-refractivity contribution < 1.29 is 0 Å². The van der Waals surface area contributed by atoms with E-state index in [-0.39, 0.29) is 0 Å². The zero-order valence-corrected chi connectivity index (χ0v) is 13.3. The van der Waals surface area contributed by atoms with Crippen molar-refractivity contribution in [2.45, 2.75) is 71.8 Å². The predicted octanol–water partition coefficient (Wildman–Crippen LogP) is 3.65. The van der Waals surface area contributed by atoms with Crippen LogP contribution in [0.3, 0.4) is 0 Å². The Bertz CT molecular complexity index is 274. The Morgan fingerprint density at radius 1 is 1.16 bits per heavy atom.